The molecule has 1 aliphatic carbocycles. The summed E-state index contributed by atoms with van der Waals surface area (Å²) < 4.78 is 5.23. The minimum atomic E-state index is 0.0627. The highest BCUT2D eigenvalue weighted by atomic mass is 16.5. The van der Waals surface area contributed by atoms with Gasteiger partial charge < -0.3 is 9.84 Å². The van der Waals surface area contributed by atoms with Crippen LogP contribution in [0.1, 0.15) is 39.5 Å². The summed E-state index contributed by atoms with van der Waals surface area (Å²) in [5.74, 6) is 1.97. The molecule has 0 spiro atoms. The van der Waals surface area contributed by atoms with Crippen LogP contribution in [-0.2, 0) is 9.53 Å². The Morgan fingerprint density at radius 1 is 1.44 bits per heavy atom. The molecule has 0 bridgehead atoms. The Morgan fingerprint density at radius 2 is 2.19 bits per heavy atom. The van der Waals surface area contributed by atoms with Crippen molar-refractivity contribution in [2.75, 3.05) is 19.8 Å². The summed E-state index contributed by atoms with van der Waals surface area (Å²) in [6, 6.07) is 0. The van der Waals surface area contributed by atoms with Crippen LogP contribution in [0.2, 0.25) is 0 Å². The largest absolute Gasteiger partial charge is 0.394 e. The SMILES string of the molecule is CC(C)C1CCC(=O)C(CCOCCO)C1. The minimum Gasteiger partial charge on any atom is -0.394 e. The first-order valence-corrected chi connectivity index (χ1v) is 6.36. The van der Waals surface area contributed by atoms with E-state index in [2.05, 4.69) is 13.8 Å². The third-order valence-electron chi connectivity index (χ3n) is 3.59. The number of aliphatic hydroxyl groups is 1. The van der Waals surface area contributed by atoms with E-state index in [1.54, 1.807) is 0 Å². The first-order chi connectivity index (χ1) is 7.65. The molecule has 2 unspecified atom stereocenters. The number of rotatable bonds is 6. The van der Waals surface area contributed by atoms with Crippen LogP contribution in [0.3, 0.4) is 0 Å². The molecule has 3 heteroatoms. The number of ether oxygens (including phenoxy) is 1. The molecule has 1 N–H and O–H groups in total. The average Bonchev–Trinajstić information content (AvgIpc) is 2.26. The lowest BCUT2D eigenvalue weighted by molar-refractivity contribution is -0.126. The molecule has 16 heavy (non-hydrogen) atoms. The summed E-state index contributed by atoms with van der Waals surface area (Å²) in [5.41, 5.74) is 0. The Hall–Kier alpha value is -0.410. The van der Waals surface area contributed by atoms with Crippen LogP contribution in [0.4, 0.5) is 0 Å². The van der Waals surface area contributed by atoms with Gasteiger partial charge in [0.2, 0.25) is 0 Å². The van der Waals surface area contributed by atoms with Gasteiger partial charge >= 0.3 is 0 Å². The molecule has 1 fully saturated rings. The fourth-order valence-electron chi connectivity index (χ4n) is 2.42. The summed E-state index contributed by atoms with van der Waals surface area (Å²) in [6.07, 6.45) is 3.65. The van der Waals surface area contributed by atoms with Gasteiger partial charge in [0.1, 0.15) is 5.78 Å². The van der Waals surface area contributed by atoms with Crippen LogP contribution in [0.25, 0.3) is 0 Å². The normalized spacial score (nSPS) is 26.4. The molecular weight excluding hydrogens is 204 g/mol. The lowest BCUT2D eigenvalue weighted by atomic mass is 9.74. The molecule has 0 aromatic heterocycles. The molecule has 0 aliphatic heterocycles. The molecule has 3 nitrogen and oxygen atoms in total. The van der Waals surface area contributed by atoms with E-state index in [1.807, 2.05) is 0 Å². The van der Waals surface area contributed by atoms with Crippen molar-refractivity contribution in [3.05, 3.63) is 0 Å². The fourth-order valence-corrected chi connectivity index (χ4v) is 2.42. The van der Waals surface area contributed by atoms with Crippen LogP contribution in [-0.4, -0.2) is 30.7 Å². The number of hydrogen-bond acceptors (Lipinski definition) is 3. The van der Waals surface area contributed by atoms with Gasteiger partial charge in [-0.3, -0.25) is 4.79 Å². The second-order valence-electron chi connectivity index (χ2n) is 5.07. The quantitative estimate of drug-likeness (QED) is 0.708. The van der Waals surface area contributed by atoms with Crippen molar-refractivity contribution in [2.45, 2.75) is 39.5 Å². The lowest BCUT2D eigenvalue weighted by Gasteiger charge is -2.30. The predicted molar refractivity (Wildman–Crippen MR) is 63.2 cm³/mol. The van der Waals surface area contributed by atoms with Gasteiger partial charge in [-0.2, -0.15) is 0 Å². The number of carbonyl (C=O) groups is 1. The topological polar surface area (TPSA) is 46.5 Å². The Labute approximate surface area is 98.2 Å². The Balaban J connectivity index is 2.29. The third kappa shape index (κ3) is 4.22. The highest BCUT2D eigenvalue weighted by molar-refractivity contribution is 5.81. The second-order valence-corrected chi connectivity index (χ2v) is 5.07. The van der Waals surface area contributed by atoms with Gasteiger partial charge in [-0.1, -0.05) is 13.8 Å². The summed E-state index contributed by atoms with van der Waals surface area (Å²) in [4.78, 5) is 11.7. The Kier molecular flexibility index (Phi) is 5.99. The van der Waals surface area contributed by atoms with E-state index in [-0.39, 0.29) is 12.5 Å². The van der Waals surface area contributed by atoms with E-state index in [1.165, 1.54) is 0 Å². The van der Waals surface area contributed by atoms with E-state index < -0.39 is 0 Å². The van der Waals surface area contributed by atoms with Crippen molar-refractivity contribution in [3.8, 4) is 0 Å². The van der Waals surface area contributed by atoms with E-state index in [9.17, 15) is 4.79 Å². The van der Waals surface area contributed by atoms with Crippen molar-refractivity contribution < 1.29 is 14.6 Å². The van der Waals surface area contributed by atoms with E-state index in [4.69, 9.17) is 9.84 Å². The zero-order chi connectivity index (χ0) is 12.0. The molecular formula is C13H24O3. The smallest absolute Gasteiger partial charge is 0.136 e. The molecule has 0 amide bonds. The average molecular weight is 228 g/mol. The van der Waals surface area contributed by atoms with Crippen LogP contribution in [0, 0.1) is 17.8 Å². The molecule has 0 aromatic rings. The van der Waals surface area contributed by atoms with Crippen LogP contribution in [0.5, 0.6) is 0 Å². The van der Waals surface area contributed by atoms with Gasteiger partial charge in [0, 0.05) is 18.9 Å². The first-order valence-electron chi connectivity index (χ1n) is 6.36. The van der Waals surface area contributed by atoms with Gasteiger partial charge in [-0.15, -0.1) is 0 Å². The zero-order valence-electron chi connectivity index (χ0n) is 10.4. The van der Waals surface area contributed by atoms with Gasteiger partial charge in [0.15, 0.2) is 0 Å². The van der Waals surface area contributed by atoms with E-state index >= 15 is 0 Å². The lowest BCUT2D eigenvalue weighted by Crippen LogP contribution is -2.28. The first kappa shape index (κ1) is 13.7. The molecule has 2 atom stereocenters. The molecule has 94 valence electrons. The standard InChI is InChI=1S/C13H24O3/c1-10(2)11-3-4-13(15)12(9-11)5-7-16-8-6-14/h10-12,14H,3-9H2,1-2H3. The predicted octanol–water partition coefficient (Wildman–Crippen LogP) is 2.03. The number of aliphatic hydroxyl groups excluding tert-OH is 1. The molecule has 0 saturated heterocycles. The summed E-state index contributed by atoms with van der Waals surface area (Å²) in [6.45, 7) is 5.52. The summed E-state index contributed by atoms with van der Waals surface area (Å²) in [5, 5.41) is 8.58. The Bertz CT molecular complexity index is 213. The molecule has 1 aliphatic rings. The van der Waals surface area contributed by atoms with Crippen molar-refractivity contribution in [2.24, 2.45) is 17.8 Å². The highest BCUT2D eigenvalue weighted by Gasteiger charge is 2.29. The number of carbonyl (C=O) groups excluding carboxylic acids is 1. The van der Waals surface area contributed by atoms with Crippen LogP contribution in [0.15, 0.2) is 0 Å². The summed E-state index contributed by atoms with van der Waals surface area (Å²) in [7, 11) is 0. The Morgan fingerprint density at radius 3 is 2.81 bits per heavy atom. The van der Waals surface area contributed by atoms with E-state index in [0.29, 0.717) is 30.8 Å². The maximum absolute atomic E-state index is 11.7. The minimum absolute atomic E-state index is 0.0627. The molecule has 1 rings (SSSR count). The van der Waals surface area contributed by atoms with Gasteiger partial charge in [0.25, 0.3) is 0 Å². The van der Waals surface area contributed by atoms with E-state index in [0.717, 1.165) is 25.7 Å². The van der Waals surface area contributed by atoms with Gasteiger partial charge in [0.05, 0.1) is 13.2 Å². The molecule has 1 saturated carbocycles. The second kappa shape index (κ2) is 7.02. The van der Waals surface area contributed by atoms with Crippen LogP contribution >= 0.6 is 0 Å². The third-order valence-corrected chi connectivity index (χ3v) is 3.59. The van der Waals surface area contributed by atoms with Crippen molar-refractivity contribution in [3.63, 3.8) is 0 Å². The van der Waals surface area contributed by atoms with Gasteiger partial charge in [-0.05, 0) is 31.1 Å². The monoisotopic (exact) mass is 228 g/mol. The molecule has 0 radical (unpaired) electrons. The number of hydrogen-bond donors (Lipinski definition) is 1. The summed E-state index contributed by atoms with van der Waals surface area (Å²) >= 11 is 0. The van der Waals surface area contributed by atoms with Crippen LogP contribution < -0.4 is 0 Å². The van der Waals surface area contributed by atoms with Gasteiger partial charge in [-0.25, -0.2) is 0 Å². The zero-order valence-corrected chi connectivity index (χ0v) is 10.4. The van der Waals surface area contributed by atoms with Crippen molar-refractivity contribution >= 4 is 5.78 Å². The number of ketones is 1. The maximum atomic E-state index is 11.7. The highest BCUT2D eigenvalue weighted by Crippen LogP contribution is 2.33. The maximum Gasteiger partial charge on any atom is 0.136 e. The van der Waals surface area contributed by atoms with Crippen molar-refractivity contribution in [1.82, 2.24) is 0 Å². The number of Topliss-reactive ketones (excluding diaryl/α,β-unsaturated/α-hetero) is 1. The molecule has 0 heterocycles. The fraction of sp³-hybridized carbons (Fsp3) is 0.923. The molecule has 0 aromatic carbocycles. The van der Waals surface area contributed by atoms with Crippen molar-refractivity contribution in [1.29, 1.82) is 0 Å².